The summed E-state index contributed by atoms with van der Waals surface area (Å²) in [6.07, 6.45) is 3.08. The molecule has 1 atom stereocenters. The molecule has 2 N–H and O–H groups in total. The van der Waals surface area contributed by atoms with Crippen molar-refractivity contribution >= 4 is 11.8 Å². The Bertz CT molecular complexity index is 570. The first-order valence-corrected chi connectivity index (χ1v) is 7.11. The second-order valence-corrected chi connectivity index (χ2v) is 5.41. The van der Waals surface area contributed by atoms with E-state index in [4.69, 9.17) is 4.74 Å². The van der Waals surface area contributed by atoms with Crippen LogP contribution in [0, 0.1) is 5.92 Å². The fraction of sp³-hybridized carbons (Fsp3) is 0.412. The number of allylic oxidation sites excluding steroid dienone is 2. The number of carbonyl (C=O) groups is 2. The lowest BCUT2D eigenvalue weighted by atomic mass is 9.93. The number of hydrogen-bond donors (Lipinski definition) is 2. The second kappa shape index (κ2) is 8.22. The molecule has 22 heavy (non-hydrogen) atoms. The largest absolute Gasteiger partial charge is 0.508 e. The third kappa shape index (κ3) is 5.24. The molecule has 1 rings (SSSR count). The van der Waals surface area contributed by atoms with Crippen LogP contribution in [0.1, 0.15) is 43.5 Å². The van der Waals surface area contributed by atoms with E-state index in [-0.39, 0.29) is 23.5 Å². The lowest BCUT2D eigenvalue weighted by Gasteiger charge is -2.13. The highest BCUT2D eigenvalue weighted by atomic mass is 16.5. The van der Waals surface area contributed by atoms with E-state index in [9.17, 15) is 19.8 Å². The van der Waals surface area contributed by atoms with Crippen LogP contribution in [-0.2, 0) is 9.53 Å². The zero-order chi connectivity index (χ0) is 16.7. The van der Waals surface area contributed by atoms with Crippen molar-refractivity contribution in [2.45, 2.75) is 33.1 Å². The Hall–Kier alpha value is -2.30. The first-order valence-electron chi connectivity index (χ1n) is 7.11. The number of rotatable bonds is 7. The van der Waals surface area contributed by atoms with E-state index in [2.05, 4.69) is 0 Å². The first kappa shape index (κ1) is 17.8. The highest BCUT2D eigenvalue weighted by Crippen LogP contribution is 2.26. The number of phenols is 2. The SMILES string of the molecule is COC(=O)[C@@H](CCC=C(C)C)CC(=O)c1cc(O)ccc1O. The molecule has 5 nitrogen and oxygen atoms in total. The first-order chi connectivity index (χ1) is 10.3. The number of ketones is 1. The van der Waals surface area contributed by atoms with Crippen molar-refractivity contribution < 1.29 is 24.5 Å². The molecule has 0 saturated heterocycles. The molecule has 0 spiro atoms. The Kier molecular flexibility index (Phi) is 6.63. The van der Waals surface area contributed by atoms with Crippen LogP contribution in [0.3, 0.4) is 0 Å². The van der Waals surface area contributed by atoms with E-state index in [1.807, 2.05) is 19.9 Å². The summed E-state index contributed by atoms with van der Waals surface area (Å²) >= 11 is 0. The average molecular weight is 306 g/mol. The van der Waals surface area contributed by atoms with Gasteiger partial charge in [-0.3, -0.25) is 9.59 Å². The molecule has 0 amide bonds. The molecule has 1 aromatic rings. The number of hydrogen-bond acceptors (Lipinski definition) is 5. The molecule has 5 heteroatoms. The molecule has 0 aliphatic heterocycles. The van der Waals surface area contributed by atoms with Crippen LogP contribution in [0.4, 0.5) is 0 Å². The van der Waals surface area contributed by atoms with Crippen molar-refractivity contribution in [1.29, 1.82) is 0 Å². The monoisotopic (exact) mass is 306 g/mol. The minimum atomic E-state index is -0.574. The standard InChI is InChI=1S/C17H22O5/c1-11(2)5-4-6-12(17(21)22-3)9-16(20)14-10-13(18)7-8-15(14)19/h5,7-8,10,12,18-19H,4,6,9H2,1-3H3/t12-/m0/s1. The predicted octanol–water partition coefficient (Wildman–Crippen LogP) is 3.21. The highest BCUT2D eigenvalue weighted by Gasteiger charge is 2.24. The van der Waals surface area contributed by atoms with Gasteiger partial charge in [-0.1, -0.05) is 11.6 Å². The molecule has 0 aliphatic rings. The van der Waals surface area contributed by atoms with E-state index >= 15 is 0 Å². The van der Waals surface area contributed by atoms with Crippen molar-refractivity contribution in [1.82, 2.24) is 0 Å². The summed E-state index contributed by atoms with van der Waals surface area (Å²) in [6, 6.07) is 3.74. The van der Waals surface area contributed by atoms with E-state index in [0.717, 1.165) is 5.57 Å². The molecular formula is C17H22O5. The minimum absolute atomic E-state index is 0.0103. The Balaban J connectivity index is 2.84. The van der Waals surface area contributed by atoms with Gasteiger partial charge in [-0.25, -0.2) is 0 Å². The number of carbonyl (C=O) groups excluding carboxylic acids is 2. The fourth-order valence-electron chi connectivity index (χ4n) is 2.12. The lowest BCUT2D eigenvalue weighted by Crippen LogP contribution is -2.20. The van der Waals surface area contributed by atoms with Crippen LogP contribution in [0.25, 0.3) is 0 Å². The molecule has 0 bridgehead atoms. The maximum Gasteiger partial charge on any atom is 0.309 e. The maximum absolute atomic E-state index is 12.3. The lowest BCUT2D eigenvalue weighted by molar-refractivity contribution is -0.145. The smallest absolute Gasteiger partial charge is 0.309 e. The Morgan fingerprint density at radius 1 is 1.27 bits per heavy atom. The number of esters is 1. The van der Waals surface area contributed by atoms with Gasteiger partial charge >= 0.3 is 5.97 Å². The third-order valence-corrected chi connectivity index (χ3v) is 3.31. The van der Waals surface area contributed by atoms with Crippen molar-refractivity contribution in [2.24, 2.45) is 5.92 Å². The highest BCUT2D eigenvalue weighted by molar-refractivity contribution is 6.00. The number of Topliss-reactive ketones (excluding diaryl/α,β-unsaturated/α-hetero) is 1. The van der Waals surface area contributed by atoms with Gasteiger partial charge in [0, 0.05) is 6.42 Å². The van der Waals surface area contributed by atoms with Gasteiger partial charge in [-0.15, -0.1) is 0 Å². The van der Waals surface area contributed by atoms with Crippen molar-refractivity contribution in [3.63, 3.8) is 0 Å². The third-order valence-electron chi connectivity index (χ3n) is 3.31. The topological polar surface area (TPSA) is 83.8 Å². The minimum Gasteiger partial charge on any atom is -0.508 e. The molecule has 0 saturated carbocycles. The van der Waals surface area contributed by atoms with Gasteiger partial charge in [0.05, 0.1) is 18.6 Å². The fourth-order valence-corrected chi connectivity index (χ4v) is 2.12. The van der Waals surface area contributed by atoms with Crippen molar-refractivity contribution in [3.8, 4) is 11.5 Å². The number of ether oxygens (including phenoxy) is 1. The molecule has 0 unspecified atom stereocenters. The molecule has 0 radical (unpaired) electrons. The quantitative estimate of drug-likeness (QED) is 0.350. The van der Waals surface area contributed by atoms with Crippen molar-refractivity contribution in [2.75, 3.05) is 7.11 Å². The van der Waals surface area contributed by atoms with E-state index in [1.54, 1.807) is 0 Å². The van der Waals surface area contributed by atoms with Crippen LogP contribution >= 0.6 is 0 Å². The molecule has 1 aromatic carbocycles. The van der Waals surface area contributed by atoms with Gasteiger partial charge in [0.15, 0.2) is 5.78 Å². The van der Waals surface area contributed by atoms with Gasteiger partial charge in [0.25, 0.3) is 0 Å². The normalized spacial score (nSPS) is 11.6. The summed E-state index contributed by atoms with van der Waals surface area (Å²) in [5.74, 6) is -1.75. The maximum atomic E-state index is 12.3. The summed E-state index contributed by atoms with van der Waals surface area (Å²) in [5, 5.41) is 19.1. The van der Waals surface area contributed by atoms with E-state index in [1.165, 1.54) is 25.3 Å². The van der Waals surface area contributed by atoms with Gasteiger partial charge in [-0.2, -0.15) is 0 Å². The molecular weight excluding hydrogens is 284 g/mol. The van der Waals surface area contributed by atoms with E-state index in [0.29, 0.717) is 12.8 Å². The number of methoxy groups -OCH3 is 1. The summed E-state index contributed by atoms with van der Waals surface area (Å²) in [6.45, 7) is 3.92. The van der Waals surface area contributed by atoms with Crippen LogP contribution < -0.4 is 0 Å². The second-order valence-electron chi connectivity index (χ2n) is 5.41. The molecule has 0 aliphatic carbocycles. The van der Waals surface area contributed by atoms with Crippen LogP contribution in [0.5, 0.6) is 11.5 Å². The summed E-state index contributed by atoms with van der Waals surface area (Å²) in [5.41, 5.74) is 1.15. The molecule has 120 valence electrons. The zero-order valence-corrected chi connectivity index (χ0v) is 13.1. The Morgan fingerprint density at radius 3 is 2.55 bits per heavy atom. The van der Waals surface area contributed by atoms with Crippen molar-refractivity contribution in [3.05, 3.63) is 35.4 Å². The Morgan fingerprint density at radius 2 is 1.95 bits per heavy atom. The van der Waals surface area contributed by atoms with Gasteiger partial charge in [0.2, 0.25) is 0 Å². The Labute approximate surface area is 130 Å². The number of phenolic OH excluding ortho intramolecular Hbond substituents is 2. The zero-order valence-electron chi connectivity index (χ0n) is 13.1. The summed E-state index contributed by atoms with van der Waals surface area (Å²) in [4.78, 5) is 24.1. The van der Waals surface area contributed by atoms with Crippen LogP contribution in [0.2, 0.25) is 0 Å². The summed E-state index contributed by atoms with van der Waals surface area (Å²) in [7, 11) is 1.28. The molecule has 0 fully saturated rings. The summed E-state index contributed by atoms with van der Waals surface area (Å²) < 4.78 is 4.74. The van der Waals surface area contributed by atoms with E-state index < -0.39 is 17.7 Å². The average Bonchev–Trinajstić information content (AvgIpc) is 2.47. The van der Waals surface area contributed by atoms with Gasteiger partial charge in [0.1, 0.15) is 11.5 Å². The predicted molar refractivity (Wildman–Crippen MR) is 82.9 cm³/mol. The molecule has 0 aromatic heterocycles. The number of benzene rings is 1. The van der Waals surface area contributed by atoms with Gasteiger partial charge in [-0.05, 0) is 44.9 Å². The molecule has 0 heterocycles. The number of aromatic hydroxyl groups is 2. The van der Waals surface area contributed by atoms with Crippen LogP contribution in [-0.4, -0.2) is 29.1 Å². The van der Waals surface area contributed by atoms with Crippen LogP contribution in [0.15, 0.2) is 29.8 Å². The van der Waals surface area contributed by atoms with Gasteiger partial charge < -0.3 is 14.9 Å².